The van der Waals surface area contributed by atoms with Gasteiger partial charge in [-0.3, -0.25) is 4.79 Å². The first-order valence-electron chi connectivity index (χ1n) is 9.07. The van der Waals surface area contributed by atoms with Gasteiger partial charge in [-0.25, -0.2) is 0 Å². The Morgan fingerprint density at radius 2 is 2.12 bits per heavy atom. The topological polar surface area (TPSA) is 47.6 Å². The summed E-state index contributed by atoms with van der Waals surface area (Å²) in [5.41, 5.74) is 1.72. The van der Waals surface area contributed by atoms with Gasteiger partial charge in [0.1, 0.15) is 12.4 Å². The summed E-state index contributed by atoms with van der Waals surface area (Å²) in [5, 5.41) is 3.10. The molecule has 138 valence electrons. The molecular weight excluding hydrogens is 394 g/mol. The fourth-order valence-corrected chi connectivity index (χ4v) is 3.56. The first-order chi connectivity index (χ1) is 12.7. The van der Waals surface area contributed by atoms with E-state index in [9.17, 15) is 4.79 Å². The van der Waals surface area contributed by atoms with E-state index in [1.54, 1.807) is 12.1 Å². The number of rotatable bonds is 7. The zero-order chi connectivity index (χ0) is 18.4. The van der Waals surface area contributed by atoms with Crippen molar-refractivity contribution in [1.29, 1.82) is 0 Å². The number of ether oxygens (including phenoxy) is 2. The van der Waals surface area contributed by atoms with Gasteiger partial charge in [-0.2, -0.15) is 0 Å². The van der Waals surface area contributed by atoms with E-state index in [0.29, 0.717) is 12.2 Å². The van der Waals surface area contributed by atoms with Crippen LogP contribution in [0.2, 0.25) is 0 Å². The van der Waals surface area contributed by atoms with Gasteiger partial charge in [0.25, 0.3) is 5.91 Å². The molecule has 2 aromatic rings. The number of halogens is 1. The molecule has 0 spiro atoms. The quantitative estimate of drug-likeness (QED) is 0.697. The minimum atomic E-state index is -0.0907. The molecule has 1 saturated heterocycles. The summed E-state index contributed by atoms with van der Waals surface area (Å²) < 4.78 is 12.2. The fraction of sp³-hybridized carbons (Fsp3) is 0.381. The lowest BCUT2D eigenvalue weighted by Crippen LogP contribution is -2.28. The summed E-state index contributed by atoms with van der Waals surface area (Å²) in [4.78, 5) is 12.6. The predicted molar refractivity (Wildman–Crippen MR) is 106 cm³/mol. The van der Waals surface area contributed by atoms with E-state index in [4.69, 9.17) is 9.47 Å². The highest BCUT2D eigenvalue weighted by Crippen LogP contribution is 2.27. The average molecular weight is 418 g/mol. The number of hydrogen-bond donors (Lipinski definition) is 1. The fourth-order valence-electron chi connectivity index (χ4n) is 3.07. The van der Waals surface area contributed by atoms with Crippen LogP contribution in [0.4, 0.5) is 0 Å². The van der Waals surface area contributed by atoms with Crippen LogP contribution < -0.4 is 10.1 Å². The SMILES string of the molecule is CCC(NC(=O)c1ccc(OCC2CCCO2)c(Br)c1)c1ccccc1. The summed E-state index contributed by atoms with van der Waals surface area (Å²) in [6.45, 7) is 3.42. The van der Waals surface area contributed by atoms with E-state index in [2.05, 4.69) is 28.2 Å². The summed E-state index contributed by atoms with van der Waals surface area (Å²) in [5.74, 6) is 0.638. The lowest BCUT2D eigenvalue weighted by Gasteiger charge is -2.18. The minimum Gasteiger partial charge on any atom is -0.490 e. The van der Waals surface area contributed by atoms with Gasteiger partial charge in [0.15, 0.2) is 0 Å². The van der Waals surface area contributed by atoms with Crippen molar-refractivity contribution in [1.82, 2.24) is 5.32 Å². The molecule has 5 heteroatoms. The molecule has 1 fully saturated rings. The molecule has 1 amide bonds. The molecule has 0 bridgehead atoms. The highest BCUT2D eigenvalue weighted by atomic mass is 79.9. The van der Waals surface area contributed by atoms with Crippen molar-refractivity contribution in [2.24, 2.45) is 0 Å². The monoisotopic (exact) mass is 417 g/mol. The smallest absolute Gasteiger partial charge is 0.251 e. The van der Waals surface area contributed by atoms with Crippen molar-refractivity contribution in [2.75, 3.05) is 13.2 Å². The Kier molecular flexibility index (Phi) is 6.69. The van der Waals surface area contributed by atoms with E-state index >= 15 is 0 Å². The molecule has 1 aliphatic heterocycles. The molecule has 3 rings (SSSR count). The molecule has 2 aromatic carbocycles. The number of nitrogens with one attached hydrogen (secondary N) is 1. The van der Waals surface area contributed by atoms with E-state index in [-0.39, 0.29) is 18.1 Å². The molecule has 0 saturated carbocycles. The van der Waals surface area contributed by atoms with Crippen LogP contribution >= 0.6 is 15.9 Å². The minimum absolute atomic E-state index is 0.00193. The van der Waals surface area contributed by atoms with Gasteiger partial charge in [0.2, 0.25) is 0 Å². The Morgan fingerprint density at radius 1 is 1.31 bits per heavy atom. The van der Waals surface area contributed by atoms with E-state index < -0.39 is 0 Å². The van der Waals surface area contributed by atoms with E-state index in [1.165, 1.54) is 0 Å². The second-order valence-electron chi connectivity index (χ2n) is 6.44. The van der Waals surface area contributed by atoms with Crippen LogP contribution in [0.5, 0.6) is 5.75 Å². The van der Waals surface area contributed by atoms with Crippen LogP contribution in [-0.4, -0.2) is 25.2 Å². The number of carbonyl (C=O) groups excluding carboxylic acids is 1. The van der Waals surface area contributed by atoms with Crippen molar-refractivity contribution in [3.63, 3.8) is 0 Å². The molecule has 0 aliphatic carbocycles. The van der Waals surface area contributed by atoms with E-state index in [1.807, 2.05) is 36.4 Å². The summed E-state index contributed by atoms with van der Waals surface area (Å²) in [6, 6.07) is 15.4. The van der Waals surface area contributed by atoms with Crippen LogP contribution in [0.25, 0.3) is 0 Å². The van der Waals surface area contributed by atoms with Crippen molar-refractivity contribution in [3.8, 4) is 5.75 Å². The molecule has 1 N–H and O–H groups in total. The van der Waals surface area contributed by atoms with Crippen molar-refractivity contribution in [3.05, 3.63) is 64.1 Å². The Bertz CT molecular complexity index is 729. The first-order valence-corrected chi connectivity index (χ1v) is 9.86. The number of hydrogen-bond acceptors (Lipinski definition) is 3. The molecule has 0 aromatic heterocycles. The van der Waals surface area contributed by atoms with Gasteiger partial charge in [0, 0.05) is 12.2 Å². The zero-order valence-electron chi connectivity index (χ0n) is 14.9. The normalized spacial score (nSPS) is 17.7. The molecule has 2 unspecified atom stereocenters. The molecule has 0 radical (unpaired) electrons. The second-order valence-corrected chi connectivity index (χ2v) is 7.29. The van der Waals surface area contributed by atoms with E-state index in [0.717, 1.165) is 41.7 Å². The van der Waals surface area contributed by atoms with Gasteiger partial charge in [0.05, 0.1) is 16.6 Å². The largest absolute Gasteiger partial charge is 0.490 e. The number of benzene rings is 2. The maximum absolute atomic E-state index is 12.6. The molecule has 26 heavy (non-hydrogen) atoms. The van der Waals surface area contributed by atoms with Crippen LogP contribution in [0.3, 0.4) is 0 Å². The van der Waals surface area contributed by atoms with Crippen LogP contribution in [0.15, 0.2) is 53.0 Å². The Hall–Kier alpha value is -1.85. The Labute approximate surface area is 163 Å². The van der Waals surface area contributed by atoms with Crippen LogP contribution in [0.1, 0.15) is 48.1 Å². The van der Waals surface area contributed by atoms with Gasteiger partial charge in [-0.15, -0.1) is 0 Å². The molecular formula is C21H24BrNO3. The van der Waals surface area contributed by atoms with Crippen LogP contribution in [0, 0.1) is 0 Å². The van der Waals surface area contributed by atoms with Gasteiger partial charge < -0.3 is 14.8 Å². The molecule has 1 aliphatic rings. The van der Waals surface area contributed by atoms with Gasteiger partial charge in [-0.1, -0.05) is 37.3 Å². The molecule has 4 nitrogen and oxygen atoms in total. The molecule has 2 atom stereocenters. The summed E-state index contributed by atoms with van der Waals surface area (Å²) in [7, 11) is 0. The highest BCUT2D eigenvalue weighted by molar-refractivity contribution is 9.10. The standard InChI is InChI=1S/C21H24BrNO3/c1-2-19(15-7-4-3-5-8-15)23-21(24)16-10-11-20(18(22)13-16)26-14-17-9-6-12-25-17/h3-5,7-8,10-11,13,17,19H,2,6,9,12,14H2,1H3,(H,23,24). The Balaban J connectivity index is 1.62. The van der Waals surface area contributed by atoms with Crippen molar-refractivity contribution in [2.45, 2.75) is 38.3 Å². The van der Waals surface area contributed by atoms with Gasteiger partial charge in [-0.05, 0) is 59.0 Å². The third-order valence-corrected chi connectivity index (χ3v) is 5.18. The number of carbonyl (C=O) groups is 1. The zero-order valence-corrected chi connectivity index (χ0v) is 16.5. The van der Waals surface area contributed by atoms with Crippen molar-refractivity contribution >= 4 is 21.8 Å². The molecule has 1 heterocycles. The predicted octanol–water partition coefficient (Wildman–Crippen LogP) is 4.89. The third-order valence-electron chi connectivity index (χ3n) is 4.56. The third kappa shape index (κ3) is 4.86. The van der Waals surface area contributed by atoms with Crippen LogP contribution in [-0.2, 0) is 4.74 Å². The number of amides is 1. The summed E-state index contributed by atoms with van der Waals surface area (Å²) in [6.07, 6.45) is 3.13. The average Bonchev–Trinajstić information content (AvgIpc) is 3.19. The maximum atomic E-state index is 12.6. The van der Waals surface area contributed by atoms with Crippen molar-refractivity contribution < 1.29 is 14.3 Å². The second kappa shape index (κ2) is 9.19. The Morgan fingerprint density at radius 3 is 2.77 bits per heavy atom. The van der Waals surface area contributed by atoms with Gasteiger partial charge >= 0.3 is 0 Å². The summed E-state index contributed by atoms with van der Waals surface area (Å²) >= 11 is 3.51. The lowest BCUT2D eigenvalue weighted by molar-refractivity contribution is 0.0676. The lowest BCUT2D eigenvalue weighted by atomic mass is 10.0. The highest BCUT2D eigenvalue weighted by Gasteiger charge is 2.18. The first kappa shape index (κ1) is 18.9. The maximum Gasteiger partial charge on any atom is 0.251 e.